The summed E-state index contributed by atoms with van der Waals surface area (Å²) in [6.45, 7) is 0.337. The van der Waals surface area contributed by atoms with Crippen LogP contribution in [0.15, 0.2) is 29.3 Å². The highest BCUT2D eigenvalue weighted by atomic mass is 35.5. The summed E-state index contributed by atoms with van der Waals surface area (Å²) in [6.07, 6.45) is 1.61. The monoisotopic (exact) mass is 284 g/mol. The van der Waals surface area contributed by atoms with Gasteiger partial charge in [-0.3, -0.25) is 4.79 Å². The molecule has 0 spiro atoms. The molecular formula is C11H13ClN4OS. The Morgan fingerprint density at radius 1 is 1.50 bits per heavy atom. The van der Waals surface area contributed by atoms with Gasteiger partial charge in [0.1, 0.15) is 5.50 Å². The van der Waals surface area contributed by atoms with E-state index in [0.29, 0.717) is 16.5 Å². The van der Waals surface area contributed by atoms with E-state index in [1.807, 2.05) is 12.1 Å². The first-order chi connectivity index (χ1) is 8.54. The first kappa shape index (κ1) is 13.2. The first-order valence-electron chi connectivity index (χ1n) is 5.24. The molecule has 2 rings (SSSR count). The standard InChI is InChI=1S/C11H13ClN4OS/c12-7-3-1-2-6(4-13)9(7)16-5-8(10(14)17)18-11(16)15/h1-3,5,11H,4,13,15H2,(H2,14,17). The lowest BCUT2D eigenvalue weighted by molar-refractivity contribution is -0.113. The van der Waals surface area contributed by atoms with E-state index in [0.717, 1.165) is 11.3 Å². The fourth-order valence-corrected chi connectivity index (χ4v) is 2.87. The minimum Gasteiger partial charge on any atom is -0.365 e. The van der Waals surface area contributed by atoms with Gasteiger partial charge in [-0.1, -0.05) is 35.5 Å². The van der Waals surface area contributed by atoms with Gasteiger partial charge in [-0.25, -0.2) is 0 Å². The number of nitrogens with two attached hydrogens (primary N) is 3. The molecule has 0 bridgehead atoms. The van der Waals surface area contributed by atoms with E-state index in [4.69, 9.17) is 28.8 Å². The summed E-state index contributed by atoms with van der Waals surface area (Å²) in [6, 6.07) is 5.44. The van der Waals surface area contributed by atoms with Crippen LogP contribution in [0.2, 0.25) is 5.02 Å². The fourth-order valence-electron chi connectivity index (χ4n) is 1.74. The molecule has 96 valence electrons. The molecule has 1 heterocycles. The van der Waals surface area contributed by atoms with Gasteiger partial charge in [0.15, 0.2) is 0 Å². The molecule has 18 heavy (non-hydrogen) atoms. The predicted octanol–water partition coefficient (Wildman–Crippen LogP) is 0.921. The van der Waals surface area contributed by atoms with Crippen LogP contribution in [0.5, 0.6) is 0 Å². The Morgan fingerprint density at radius 3 is 2.78 bits per heavy atom. The molecule has 1 aromatic carbocycles. The van der Waals surface area contributed by atoms with E-state index in [2.05, 4.69) is 0 Å². The number of thioether (sulfide) groups is 1. The molecule has 1 unspecified atom stereocenters. The van der Waals surface area contributed by atoms with Crippen molar-refractivity contribution >= 4 is 35.0 Å². The summed E-state index contributed by atoms with van der Waals surface area (Å²) in [4.78, 5) is 13.3. The average molecular weight is 285 g/mol. The quantitative estimate of drug-likeness (QED) is 0.767. The SMILES string of the molecule is NCc1cccc(Cl)c1N1C=C(C(N)=O)SC1N. The Morgan fingerprint density at radius 2 is 2.22 bits per heavy atom. The third kappa shape index (κ3) is 2.32. The van der Waals surface area contributed by atoms with Crippen molar-refractivity contribution < 1.29 is 4.79 Å². The normalized spacial score (nSPS) is 18.9. The zero-order valence-corrected chi connectivity index (χ0v) is 11.0. The van der Waals surface area contributed by atoms with Gasteiger partial charge in [0.2, 0.25) is 0 Å². The van der Waals surface area contributed by atoms with E-state index < -0.39 is 11.4 Å². The summed E-state index contributed by atoms with van der Waals surface area (Å²) in [5.74, 6) is -0.501. The Bertz CT molecular complexity index is 520. The van der Waals surface area contributed by atoms with Crippen molar-refractivity contribution in [3.8, 4) is 0 Å². The molecule has 0 fully saturated rings. The fraction of sp³-hybridized carbons (Fsp3) is 0.182. The molecule has 1 amide bonds. The molecule has 1 aromatic rings. The molecule has 0 saturated heterocycles. The molecule has 6 N–H and O–H groups in total. The number of carbonyl (C=O) groups excluding carboxylic acids is 1. The zero-order chi connectivity index (χ0) is 13.3. The summed E-state index contributed by atoms with van der Waals surface area (Å²) in [5, 5.41) is 0.538. The summed E-state index contributed by atoms with van der Waals surface area (Å²) < 4.78 is 0. The molecule has 0 aromatic heterocycles. The van der Waals surface area contributed by atoms with Crippen LogP contribution >= 0.6 is 23.4 Å². The van der Waals surface area contributed by atoms with Crippen molar-refractivity contribution in [2.75, 3.05) is 4.90 Å². The van der Waals surface area contributed by atoms with E-state index in [1.54, 1.807) is 17.2 Å². The number of para-hydroxylation sites is 1. The van der Waals surface area contributed by atoms with Crippen LogP contribution in [0.1, 0.15) is 5.56 Å². The lowest BCUT2D eigenvalue weighted by Crippen LogP contribution is -2.33. The van der Waals surface area contributed by atoms with Gasteiger partial charge in [-0.2, -0.15) is 0 Å². The van der Waals surface area contributed by atoms with Crippen molar-refractivity contribution in [1.29, 1.82) is 0 Å². The molecule has 5 nitrogen and oxygen atoms in total. The number of carbonyl (C=O) groups is 1. The number of halogens is 1. The van der Waals surface area contributed by atoms with Crippen LogP contribution in [-0.2, 0) is 11.3 Å². The van der Waals surface area contributed by atoms with Gasteiger partial charge >= 0.3 is 0 Å². The molecule has 0 radical (unpaired) electrons. The minimum absolute atomic E-state index is 0.337. The van der Waals surface area contributed by atoms with Crippen molar-refractivity contribution in [3.63, 3.8) is 0 Å². The maximum absolute atomic E-state index is 11.2. The highest BCUT2D eigenvalue weighted by Crippen LogP contribution is 2.38. The Labute approximate surface area is 114 Å². The Balaban J connectivity index is 2.46. The highest BCUT2D eigenvalue weighted by Gasteiger charge is 2.28. The van der Waals surface area contributed by atoms with Gasteiger partial charge in [0, 0.05) is 12.7 Å². The second kappa shape index (κ2) is 5.19. The third-order valence-electron chi connectivity index (χ3n) is 2.57. The maximum atomic E-state index is 11.2. The van der Waals surface area contributed by atoms with Crippen molar-refractivity contribution in [2.45, 2.75) is 12.0 Å². The van der Waals surface area contributed by atoms with Crippen molar-refractivity contribution in [3.05, 3.63) is 39.9 Å². The molecule has 1 aliphatic rings. The number of rotatable bonds is 3. The van der Waals surface area contributed by atoms with Gasteiger partial charge < -0.3 is 22.1 Å². The maximum Gasteiger partial charge on any atom is 0.256 e. The number of amides is 1. The number of benzene rings is 1. The second-order valence-corrected chi connectivity index (χ2v) is 5.29. The lowest BCUT2D eigenvalue weighted by Gasteiger charge is -2.24. The van der Waals surface area contributed by atoms with Crippen LogP contribution in [0.3, 0.4) is 0 Å². The van der Waals surface area contributed by atoms with E-state index >= 15 is 0 Å². The van der Waals surface area contributed by atoms with Gasteiger partial charge in [-0.15, -0.1) is 0 Å². The van der Waals surface area contributed by atoms with E-state index in [9.17, 15) is 4.79 Å². The molecule has 1 aliphatic heterocycles. The minimum atomic E-state index is -0.501. The highest BCUT2D eigenvalue weighted by molar-refractivity contribution is 8.04. The van der Waals surface area contributed by atoms with Crippen LogP contribution in [0, 0.1) is 0 Å². The molecule has 0 saturated carbocycles. The number of primary amides is 1. The summed E-state index contributed by atoms with van der Waals surface area (Å²) in [7, 11) is 0. The van der Waals surface area contributed by atoms with Crippen LogP contribution in [-0.4, -0.2) is 11.4 Å². The van der Waals surface area contributed by atoms with Crippen LogP contribution < -0.4 is 22.1 Å². The third-order valence-corrected chi connectivity index (χ3v) is 3.90. The average Bonchev–Trinajstić information content (AvgIpc) is 2.71. The lowest BCUT2D eigenvalue weighted by atomic mass is 10.1. The number of nitrogens with zero attached hydrogens (tertiary/aromatic N) is 1. The smallest absolute Gasteiger partial charge is 0.256 e. The largest absolute Gasteiger partial charge is 0.365 e. The van der Waals surface area contributed by atoms with Crippen molar-refractivity contribution in [2.24, 2.45) is 17.2 Å². The van der Waals surface area contributed by atoms with E-state index in [-0.39, 0.29) is 0 Å². The summed E-state index contributed by atoms with van der Waals surface area (Å²) in [5.41, 5.74) is 18.0. The first-order valence-corrected chi connectivity index (χ1v) is 6.50. The predicted molar refractivity (Wildman–Crippen MR) is 74.7 cm³/mol. The molecular weight excluding hydrogens is 272 g/mol. The second-order valence-electron chi connectivity index (χ2n) is 3.72. The van der Waals surface area contributed by atoms with Gasteiger partial charge in [-0.05, 0) is 11.6 Å². The summed E-state index contributed by atoms with van der Waals surface area (Å²) >= 11 is 7.37. The zero-order valence-electron chi connectivity index (χ0n) is 9.47. The van der Waals surface area contributed by atoms with Crippen LogP contribution in [0.4, 0.5) is 5.69 Å². The number of hydrogen-bond donors (Lipinski definition) is 3. The van der Waals surface area contributed by atoms with E-state index in [1.165, 1.54) is 11.8 Å². The molecule has 7 heteroatoms. The Kier molecular flexibility index (Phi) is 3.82. The van der Waals surface area contributed by atoms with Gasteiger partial charge in [0.25, 0.3) is 5.91 Å². The topological polar surface area (TPSA) is 98.4 Å². The number of hydrogen-bond acceptors (Lipinski definition) is 5. The molecule has 0 aliphatic carbocycles. The Hall–Kier alpha value is -1.21. The van der Waals surface area contributed by atoms with Crippen molar-refractivity contribution in [1.82, 2.24) is 0 Å². The van der Waals surface area contributed by atoms with Gasteiger partial charge in [0.05, 0.1) is 15.6 Å². The van der Waals surface area contributed by atoms with Crippen LogP contribution in [0.25, 0.3) is 0 Å². The number of anilines is 1. The molecule has 1 atom stereocenters.